The first-order valence-corrected chi connectivity index (χ1v) is 46.1. The third-order valence-corrected chi connectivity index (χ3v) is 21.5. The normalized spacial score (nSPS) is 12.8. The molecule has 0 saturated carbocycles. The van der Waals surface area contributed by atoms with Crippen molar-refractivity contribution in [3.8, 4) is 25.1 Å². The molecule has 0 unspecified atom stereocenters. The van der Waals surface area contributed by atoms with Crippen molar-refractivity contribution in [2.75, 3.05) is 53.9 Å². The molecule has 0 rings (SSSR count). The third kappa shape index (κ3) is 69.8. The second kappa shape index (κ2) is 80.9. The molecule has 0 aromatic carbocycles. The van der Waals surface area contributed by atoms with Gasteiger partial charge >= 0.3 is 59.7 Å². The van der Waals surface area contributed by atoms with Gasteiger partial charge in [-0.15, -0.1) is 0 Å². The lowest BCUT2D eigenvalue weighted by Gasteiger charge is -2.36. The van der Waals surface area contributed by atoms with Crippen LogP contribution in [0, 0.1) is 58.6 Å². The van der Waals surface area contributed by atoms with Crippen molar-refractivity contribution in [2.45, 2.75) is 409 Å². The Morgan fingerprint density at radius 3 is 0.839 bits per heavy atom. The summed E-state index contributed by atoms with van der Waals surface area (Å²) in [6.45, 7) is 32.3. The van der Waals surface area contributed by atoms with Gasteiger partial charge in [-0.2, -0.15) is 0 Å². The van der Waals surface area contributed by atoms with Gasteiger partial charge in [-0.25, -0.2) is 19.2 Å². The Kier molecular flexibility index (Phi) is 84.4. The maximum absolute atomic E-state index is 13.5. The van der Waals surface area contributed by atoms with Crippen molar-refractivity contribution in [1.82, 2.24) is 0 Å². The van der Waals surface area contributed by atoms with Gasteiger partial charge in [0.15, 0.2) is 0 Å². The molecule has 0 fully saturated rings. The van der Waals surface area contributed by atoms with Crippen LogP contribution in [0.15, 0.2) is 24.3 Å². The van der Waals surface area contributed by atoms with E-state index in [-0.39, 0.29) is 99.6 Å². The van der Waals surface area contributed by atoms with Gasteiger partial charge in [-0.1, -0.05) is 351 Å². The van der Waals surface area contributed by atoms with Gasteiger partial charge in [-0.3, -0.25) is 28.8 Å². The summed E-state index contributed by atoms with van der Waals surface area (Å²) in [6, 6.07) is 0. The summed E-state index contributed by atoms with van der Waals surface area (Å²) >= 11 is 6.51. The summed E-state index contributed by atoms with van der Waals surface area (Å²) in [5.74, 6) is -8.49. The molecule has 118 heavy (non-hydrogen) atoms. The molecule has 2 N–H and O–H groups in total. The number of aliphatic carboxylic acids is 1. The molecule has 21 nitrogen and oxygen atoms in total. The second-order valence-corrected chi connectivity index (χ2v) is 35.1. The van der Waals surface area contributed by atoms with Crippen molar-refractivity contribution in [1.29, 1.82) is 0 Å². The summed E-state index contributed by atoms with van der Waals surface area (Å²) in [5.41, 5.74) is -4.62. The standard InChI is InChI=1S/C41H67BrO10.C37H63BrO9.2C6H14.C4H6O2.CH4.2H2/c1-9-11-12-13-14-15-16-17-18-19-20-21-22-23-24-25-26-50-36(44)33(29-34(42)37(45)49-10-2)30-41(7,39(47)48-8)31-40(5,6)38(46)52-28-27-51-35(43)32(3)4;1-7-9-10-11-12-13-14-15-16-17-18-19-20-21-22-23-25-46-32(40)30(27-31(38)33(41)45-8-2)28-37(5,35(43)44-6)29-36(3,4)34(42)47-26-24-39;2*1-3-5-6-4-2;1-3(2)4(5)6;;;/h2,33-34H,3,9,11-31H2,1,4-8H3;2,30-31,39H,7,9-29H2,1,3-6H3;2*3-6H2,1-2H3;1H2,2H3,(H,5,6);1H4;2*1H/t33-,34-,41-;30-,31-,37-;;;;;;/m00....../s1. The molecular formula is C95H172Br2O21. The minimum atomic E-state index is -1.36. The number of esters is 9. The molecular weight excluding hydrogens is 1640 g/mol. The van der Waals surface area contributed by atoms with E-state index in [1.807, 2.05) is 12.2 Å². The fourth-order valence-electron chi connectivity index (χ4n) is 13.4. The van der Waals surface area contributed by atoms with E-state index in [2.05, 4.69) is 96.0 Å². The number of terminal acetylenes is 2. The number of halogens is 2. The van der Waals surface area contributed by atoms with E-state index in [1.54, 1.807) is 41.5 Å². The number of carboxylic acid groups (broad SMARTS) is 1. The third-order valence-electron chi connectivity index (χ3n) is 20.0. The zero-order valence-corrected chi connectivity index (χ0v) is 79.2. The van der Waals surface area contributed by atoms with E-state index in [0.717, 1.165) is 38.5 Å². The molecule has 692 valence electrons. The summed E-state index contributed by atoms with van der Waals surface area (Å²) < 4.78 is 46.2. The Balaban J connectivity index is -0.000000282. The van der Waals surface area contributed by atoms with Crippen molar-refractivity contribution in [3.05, 3.63) is 24.3 Å². The summed E-state index contributed by atoms with van der Waals surface area (Å²) in [7, 11) is 2.46. The van der Waals surface area contributed by atoms with Crippen LogP contribution < -0.4 is 0 Å². The molecule has 6 atom stereocenters. The zero-order chi connectivity index (χ0) is 89.8. The van der Waals surface area contributed by atoms with E-state index in [0.29, 0.717) is 12.8 Å². The first kappa shape index (κ1) is 123. The molecule has 0 aliphatic carbocycles. The molecule has 0 spiro atoms. The SMILES string of the molecule is C.C#COC(=O)[C@@H](Br)C[C@@H](C[C@@](C)(CC(C)(C)C(=O)OCCO)C(=O)OC)C(=O)OCCCCCCCCCCCCCCCCCC.C#COC(=O)[C@@H](Br)C[C@@H](C[C@@](C)(CC(C)(C)C(=O)OCCOC(=O)C(=C)C)C(=O)OC)C(=O)OCCCCCCCCCCCCCCCCCC.C=C(C)C(=O)O.CCCCCC.CCCCCC.[HH].[HH]. The van der Waals surface area contributed by atoms with Crippen LogP contribution in [0.1, 0.15) is 403 Å². The number of carbonyl (C=O) groups is 10. The minimum absolute atomic E-state index is 0. The Labute approximate surface area is 737 Å². The van der Waals surface area contributed by atoms with Crippen LogP contribution in [0.4, 0.5) is 0 Å². The number of unbranched alkanes of at least 4 members (excludes halogenated alkanes) is 36. The van der Waals surface area contributed by atoms with Crippen LogP contribution in [0.25, 0.3) is 0 Å². The van der Waals surface area contributed by atoms with Gasteiger partial charge in [0.25, 0.3) is 0 Å². The molecule has 0 amide bonds. The predicted molar refractivity (Wildman–Crippen MR) is 487 cm³/mol. The van der Waals surface area contributed by atoms with Crippen LogP contribution in [0.5, 0.6) is 0 Å². The Morgan fingerprint density at radius 1 is 0.373 bits per heavy atom. The average molecular weight is 1810 g/mol. The zero-order valence-electron chi connectivity index (χ0n) is 76.1. The highest BCUT2D eigenvalue weighted by molar-refractivity contribution is 9.10. The van der Waals surface area contributed by atoms with Crippen molar-refractivity contribution < 1.29 is 104 Å². The predicted octanol–water partition coefficient (Wildman–Crippen LogP) is 24.5. The first-order valence-electron chi connectivity index (χ1n) is 44.3. The highest BCUT2D eigenvalue weighted by Crippen LogP contribution is 2.44. The highest BCUT2D eigenvalue weighted by atomic mass is 79.9. The lowest BCUT2D eigenvalue weighted by molar-refractivity contribution is -0.166. The Hall–Kier alpha value is -5.78. The summed E-state index contributed by atoms with van der Waals surface area (Å²) in [5, 5.41) is 16.9. The van der Waals surface area contributed by atoms with Gasteiger partial charge < -0.3 is 52.8 Å². The number of rotatable bonds is 67. The monoisotopic (exact) mass is 1810 g/mol. The minimum Gasteiger partial charge on any atom is -0.478 e. The number of hydrogen-bond donors (Lipinski definition) is 2. The van der Waals surface area contributed by atoms with Crippen molar-refractivity contribution in [2.24, 2.45) is 33.5 Å². The van der Waals surface area contributed by atoms with Gasteiger partial charge in [0, 0.05) is 14.0 Å². The maximum atomic E-state index is 13.5. The molecule has 0 saturated heterocycles. The number of alkyl halides is 2. The van der Waals surface area contributed by atoms with Gasteiger partial charge in [0.05, 0.1) is 67.5 Å². The molecule has 0 aromatic rings. The van der Waals surface area contributed by atoms with Crippen molar-refractivity contribution in [3.63, 3.8) is 0 Å². The molecule has 0 bridgehead atoms. The Bertz CT molecular complexity index is 2720. The number of methoxy groups -OCH3 is 2. The van der Waals surface area contributed by atoms with E-state index >= 15 is 0 Å². The Morgan fingerprint density at radius 2 is 0.610 bits per heavy atom. The topological polar surface area (TPSA) is 294 Å². The lowest BCUT2D eigenvalue weighted by atomic mass is 9.69. The van der Waals surface area contributed by atoms with Gasteiger partial charge in [0.2, 0.25) is 0 Å². The number of hydrogen-bond acceptors (Lipinski definition) is 20. The number of carbonyl (C=O) groups excluding carboxylic acids is 9. The van der Waals surface area contributed by atoms with Crippen LogP contribution in [-0.4, -0.2) is 133 Å². The molecule has 0 aromatic heterocycles. The van der Waals surface area contributed by atoms with E-state index in [4.69, 9.17) is 56.2 Å². The molecule has 23 heteroatoms. The van der Waals surface area contributed by atoms with E-state index in [9.17, 15) is 47.9 Å². The van der Waals surface area contributed by atoms with E-state index < -0.39 is 103 Å². The fourth-order valence-corrected chi connectivity index (χ4v) is 14.5. The number of aliphatic hydroxyl groups excluding tert-OH is 1. The largest absolute Gasteiger partial charge is 0.478 e. The second-order valence-electron chi connectivity index (χ2n) is 32.9. The summed E-state index contributed by atoms with van der Waals surface area (Å²) in [4.78, 5) is 123. The first-order chi connectivity index (χ1) is 55.5. The molecule has 0 aliphatic heterocycles. The molecule has 0 radical (unpaired) electrons. The quantitative estimate of drug-likeness (QED) is 0.0143. The number of carboxylic acids is 1. The van der Waals surface area contributed by atoms with Gasteiger partial charge in [-0.05, 0) is 107 Å². The van der Waals surface area contributed by atoms with Crippen LogP contribution in [0.2, 0.25) is 0 Å². The maximum Gasteiger partial charge on any atom is 0.333 e. The number of ether oxygens (including phenoxy) is 9. The smallest absolute Gasteiger partial charge is 0.333 e. The van der Waals surface area contributed by atoms with Crippen LogP contribution in [-0.2, 0) is 90.6 Å². The van der Waals surface area contributed by atoms with Crippen LogP contribution in [0.3, 0.4) is 0 Å². The van der Waals surface area contributed by atoms with Crippen molar-refractivity contribution >= 4 is 91.6 Å². The lowest BCUT2D eigenvalue weighted by Crippen LogP contribution is -2.41. The average Bonchev–Trinajstić information content (AvgIpc) is 0.807. The van der Waals surface area contributed by atoms with Gasteiger partial charge in [0.1, 0.15) is 41.7 Å². The fraction of sp³-hybridized carbons (Fsp3) is 0.811. The number of aliphatic hydroxyl groups is 1. The highest BCUT2D eigenvalue weighted by Gasteiger charge is 2.49. The van der Waals surface area contributed by atoms with E-state index in [1.165, 1.54) is 234 Å². The molecule has 0 heterocycles. The molecule has 0 aliphatic rings. The summed E-state index contributed by atoms with van der Waals surface area (Å²) in [6.07, 6.45) is 64.2. The van der Waals surface area contributed by atoms with Crippen LogP contribution >= 0.6 is 31.9 Å².